The molecular formula is C9H20N2O2S. The van der Waals surface area contributed by atoms with Gasteiger partial charge in [-0.1, -0.05) is 6.92 Å². The van der Waals surface area contributed by atoms with E-state index in [4.69, 9.17) is 0 Å². The molecule has 0 bridgehead atoms. The molecule has 0 aliphatic carbocycles. The maximum atomic E-state index is 11.2. The van der Waals surface area contributed by atoms with E-state index in [9.17, 15) is 8.42 Å². The molecule has 5 heteroatoms. The maximum Gasteiger partial charge on any atom is 0.211 e. The fourth-order valence-corrected chi connectivity index (χ4v) is 2.52. The molecule has 1 heterocycles. The Hall–Kier alpha value is -0.130. The quantitative estimate of drug-likeness (QED) is 0.730. The molecule has 1 atom stereocenters. The molecule has 1 fully saturated rings. The van der Waals surface area contributed by atoms with Crippen molar-refractivity contribution < 1.29 is 8.42 Å². The average Bonchev–Trinajstić information content (AvgIpc) is 2.62. The van der Waals surface area contributed by atoms with Crippen LogP contribution >= 0.6 is 0 Å². The molecule has 1 rings (SSSR count). The lowest BCUT2D eigenvalue weighted by Crippen LogP contribution is -2.40. The van der Waals surface area contributed by atoms with Gasteiger partial charge in [-0.05, 0) is 32.9 Å². The fraction of sp³-hybridized carbons (Fsp3) is 1.00. The summed E-state index contributed by atoms with van der Waals surface area (Å²) in [6.45, 7) is 6.47. The minimum Gasteiger partial charge on any atom is -0.299 e. The van der Waals surface area contributed by atoms with Crippen LogP contribution in [0.2, 0.25) is 0 Å². The largest absolute Gasteiger partial charge is 0.299 e. The van der Waals surface area contributed by atoms with Gasteiger partial charge in [0.1, 0.15) is 0 Å². The molecule has 0 saturated carbocycles. The monoisotopic (exact) mass is 220 g/mol. The van der Waals surface area contributed by atoms with E-state index in [0.29, 0.717) is 12.6 Å². The second-order valence-electron chi connectivity index (χ2n) is 3.68. The van der Waals surface area contributed by atoms with Gasteiger partial charge in [0, 0.05) is 12.6 Å². The zero-order chi connectivity index (χ0) is 10.6. The van der Waals surface area contributed by atoms with Crippen LogP contribution in [-0.2, 0) is 10.0 Å². The highest BCUT2D eigenvalue weighted by Crippen LogP contribution is 2.15. The van der Waals surface area contributed by atoms with Crippen molar-refractivity contribution in [3.63, 3.8) is 0 Å². The molecule has 14 heavy (non-hydrogen) atoms. The SMILES string of the molecule is CCN1CCCC1CNS(=O)(=O)CC. The van der Waals surface area contributed by atoms with E-state index in [1.54, 1.807) is 6.92 Å². The van der Waals surface area contributed by atoms with E-state index in [1.165, 1.54) is 6.42 Å². The topological polar surface area (TPSA) is 49.4 Å². The second-order valence-corrected chi connectivity index (χ2v) is 5.77. The molecule has 1 unspecified atom stereocenters. The highest BCUT2D eigenvalue weighted by atomic mass is 32.2. The van der Waals surface area contributed by atoms with Crippen LogP contribution in [0.5, 0.6) is 0 Å². The summed E-state index contributed by atoms with van der Waals surface area (Å²) in [5.41, 5.74) is 0. The molecule has 4 nitrogen and oxygen atoms in total. The van der Waals surface area contributed by atoms with E-state index in [0.717, 1.165) is 19.5 Å². The Labute approximate surface area is 86.7 Å². The fourth-order valence-electron chi connectivity index (χ4n) is 1.87. The zero-order valence-electron chi connectivity index (χ0n) is 8.99. The summed E-state index contributed by atoms with van der Waals surface area (Å²) >= 11 is 0. The third-order valence-corrected chi connectivity index (χ3v) is 4.19. The Morgan fingerprint density at radius 3 is 2.71 bits per heavy atom. The van der Waals surface area contributed by atoms with Gasteiger partial charge in [-0.2, -0.15) is 0 Å². The van der Waals surface area contributed by atoms with Crippen LogP contribution in [0.25, 0.3) is 0 Å². The van der Waals surface area contributed by atoms with Gasteiger partial charge in [-0.25, -0.2) is 13.1 Å². The lowest BCUT2D eigenvalue weighted by molar-refractivity contribution is 0.268. The van der Waals surface area contributed by atoms with Crippen molar-refractivity contribution in [3.05, 3.63) is 0 Å². The molecule has 84 valence electrons. The Morgan fingerprint density at radius 2 is 2.14 bits per heavy atom. The van der Waals surface area contributed by atoms with Gasteiger partial charge >= 0.3 is 0 Å². The van der Waals surface area contributed by atoms with Crippen LogP contribution in [0.3, 0.4) is 0 Å². The molecule has 1 N–H and O–H groups in total. The number of rotatable bonds is 5. The van der Waals surface area contributed by atoms with E-state index >= 15 is 0 Å². The minimum absolute atomic E-state index is 0.172. The molecule has 0 aromatic rings. The zero-order valence-corrected chi connectivity index (χ0v) is 9.81. The van der Waals surface area contributed by atoms with Gasteiger partial charge in [0.25, 0.3) is 0 Å². The predicted molar refractivity (Wildman–Crippen MR) is 57.7 cm³/mol. The lowest BCUT2D eigenvalue weighted by Gasteiger charge is -2.22. The van der Waals surface area contributed by atoms with Crippen molar-refractivity contribution in [3.8, 4) is 0 Å². The highest BCUT2D eigenvalue weighted by Gasteiger charge is 2.23. The molecule has 0 amide bonds. The second kappa shape index (κ2) is 5.09. The number of hydrogen-bond donors (Lipinski definition) is 1. The molecule has 0 radical (unpaired) electrons. The van der Waals surface area contributed by atoms with Crippen LogP contribution < -0.4 is 4.72 Å². The molecule has 0 spiro atoms. The van der Waals surface area contributed by atoms with Gasteiger partial charge < -0.3 is 0 Å². The Kier molecular flexibility index (Phi) is 4.34. The van der Waals surface area contributed by atoms with Crippen molar-refractivity contribution in [2.45, 2.75) is 32.7 Å². The summed E-state index contributed by atoms with van der Waals surface area (Å²) in [4.78, 5) is 2.33. The van der Waals surface area contributed by atoms with Gasteiger partial charge in [0.2, 0.25) is 10.0 Å². The summed E-state index contributed by atoms with van der Waals surface area (Å²) in [6, 6.07) is 0.404. The van der Waals surface area contributed by atoms with Crippen molar-refractivity contribution in [1.29, 1.82) is 0 Å². The lowest BCUT2D eigenvalue weighted by atomic mass is 10.2. The summed E-state index contributed by atoms with van der Waals surface area (Å²) < 4.78 is 25.1. The summed E-state index contributed by atoms with van der Waals surface area (Å²) in [5, 5.41) is 0. The Bertz CT molecular complexity index is 264. The smallest absolute Gasteiger partial charge is 0.211 e. The van der Waals surface area contributed by atoms with Crippen LogP contribution in [0, 0.1) is 0 Å². The first-order valence-corrected chi connectivity index (χ1v) is 6.95. The van der Waals surface area contributed by atoms with Crippen LogP contribution in [-0.4, -0.2) is 44.7 Å². The number of hydrogen-bond acceptors (Lipinski definition) is 3. The van der Waals surface area contributed by atoms with E-state index in [2.05, 4.69) is 16.5 Å². The minimum atomic E-state index is -3.02. The highest BCUT2D eigenvalue weighted by molar-refractivity contribution is 7.89. The predicted octanol–water partition coefficient (Wildman–Crippen LogP) is 0.410. The Balaban J connectivity index is 2.38. The van der Waals surface area contributed by atoms with E-state index < -0.39 is 10.0 Å². The van der Waals surface area contributed by atoms with Crippen molar-refractivity contribution in [2.75, 3.05) is 25.4 Å². The number of likely N-dealkylation sites (N-methyl/N-ethyl adjacent to an activating group) is 1. The average molecular weight is 220 g/mol. The molecule has 1 saturated heterocycles. The van der Waals surface area contributed by atoms with Gasteiger partial charge in [-0.3, -0.25) is 4.90 Å². The van der Waals surface area contributed by atoms with E-state index in [-0.39, 0.29) is 5.75 Å². The molecule has 0 aromatic heterocycles. The first-order chi connectivity index (χ1) is 6.59. The van der Waals surface area contributed by atoms with Gasteiger partial charge in [-0.15, -0.1) is 0 Å². The van der Waals surface area contributed by atoms with Crippen LogP contribution in [0.15, 0.2) is 0 Å². The molecule has 1 aliphatic rings. The van der Waals surface area contributed by atoms with Crippen LogP contribution in [0.4, 0.5) is 0 Å². The molecule has 0 aromatic carbocycles. The van der Waals surface area contributed by atoms with Gasteiger partial charge in [0.05, 0.1) is 5.75 Å². The van der Waals surface area contributed by atoms with Crippen molar-refractivity contribution in [2.24, 2.45) is 0 Å². The van der Waals surface area contributed by atoms with E-state index in [1.807, 2.05) is 0 Å². The standard InChI is InChI=1S/C9H20N2O2S/c1-3-11-7-5-6-9(11)8-10-14(12,13)4-2/h9-10H,3-8H2,1-2H3. The van der Waals surface area contributed by atoms with Crippen LogP contribution in [0.1, 0.15) is 26.7 Å². The first kappa shape index (κ1) is 11.9. The van der Waals surface area contributed by atoms with Gasteiger partial charge in [0.15, 0.2) is 0 Å². The number of nitrogens with zero attached hydrogens (tertiary/aromatic N) is 1. The number of sulfonamides is 1. The summed E-state index contributed by atoms with van der Waals surface area (Å²) in [6.07, 6.45) is 2.30. The molecule has 1 aliphatic heterocycles. The number of nitrogens with one attached hydrogen (secondary N) is 1. The third kappa shape index (κ3) is 3.22. The summed E-state index contributed by atoms with van der Waals surface area (Å²) in [5.74, 6) is 0.172. The molecular weight excluding hydrogens is 200 g/mol. The maximum absolute atomic E-state index is 11.2. The summed E-state index contributed by atoms with van der Waals surface area (Å²) in [7, 11) is -3.02. The Morgan fingerprint density at radius 1 is 1.43 bits per heavy atom. The third-order valence-electron chi connectivity index (χ3n) is 2.82. The number of likely N-dealkylation sites (tertiary alicyclic amines) is 1. The normalized spacial score (nSPS) is 24.3. The van der Waals surface area contributed by atoms with Crippen molar-refractivity contribution >= 4 is 10.0 Å². The first-order valence-electron chi connectivity index (χ1n) is 5.30. The van der Waals surface area contributed by atoms with Crippen molar-refractivity contribution in [1.82, 2.24) is 9.62 Å².